The fraction of sp³-hybridized carbons (Fsp3) is 0.190. The fourth-order valence-corrected chi connectivity index (χ4v) is 3.07. The second-order valence-corrected chi connectivity index (χ2v) is 6.45. The Hall–Kier alpha value is -3.41. The van der Waals surface area contributed by atoms with Gasteiger partial charge in [-0.05, 0) is 35.9 Å². The average Bonchev–Trinajstić information content (AvgIpc) is 3.17. The molecule has 1 unspecified atom stereocenters. The monoisotopic (exact) mass is 359 g/mol. The summed E-state index contributed by atoms with van der Waals surface area (Å²) < 4.78 is 5.78. The molecule has 1 aliphatic heterocycles. The number of aromatic nitrogens is 2. The molecule has 0 aliphatic carbocycles. The molecule has 0 radical (unpaired) electrons. The first-order chi connectivity index (χ1) is 13.3. The van der Waals surface area contributed by atoms with Gasteiger partial charge >= 0.3 is 0 Å². The van der Waals surface area contributed by atoms with Crippen LogP contribution in [0, 0.1) is 0 Å². The minimum Gasteiger partial charge on any atom is -0.487 e. The van der Waals surface area contributed by atoms with Gasteiger partial charge in [-0.15, -0.1) is 0 Å². The summed E-state index contributed by atoms with van der Waals surface area (Å²) in [6.45, 7) is 2.01. The maximum Gasteiger partial charge on any atom is 0.130 e. The molecule has 3 aromatic rings. The molecule has 0 amide bonds. The molecule has 4 rings (SSSR count). The van der Waals surface area contributed by atoms with E-state index in [0.29, 0.717) is 12.4 Å². The van der Waals surface area contributed by atoms with Crippen molar-refractivity contribution in [2.75, 3.05) is 12.3 Å². The van der Waals surface area contributed by atoms with Gasteiger partial charge in [0.05, 0.1) is 12.2 Å². The second-order valence-electron chi connectivity index (χ2n) is 6.45. The molecular formula is C21H21N5O. The second kappa shape index (κ2) is 7.86. The zero-order valence-corrected chi connectivity index (χ0v) is 14.9. The van der Waals surface area contributed by atoms with Crippen LogP contribution in [0.4, 0.5) is 5.82 Å². The van der Waals surface area contributed by atoms with Crippen LogP contribution >= 0.6 is 0 Å². The standard InChI is InChI=1S/C21H21N5O/c22-21-20(5-3-11-24-21)17-12-25-26(14-17)13-16-6-8-19(9-7-16)27-15-18-4-1-2-10-23-18/h1-12,17H,13-15H2,(H2,22,24). The van der Waals surface area contributed by atoms with E-state index in [-0.39, 0.29) is 5.92 Å². The summed E-state index contributed by atoms with van der Waals surface area (Å²) in [4.78, 5) is 8.42. The highest BCUT2D eigenvalue weighted by Crippen LogP contribution is 2.25. The highest BCUT2D eigenvalue weighted by Gasteiger charge is 2.21. The topological polar surface area (TPSA) is 76.6 Å². The Bertz CT molecular complexity index is 911. The average molecular weight is 359 g/mol. The lowest BCUT2D eigenvalue weighted by Crippen LogP contribution is -2.18. The predicted molar refractivity (Wildman–Crippen MR) is 105 cm³/mol. The van der Waals surface area contributed by atoms with E-state index >= 15 is 0 Å². The Balaban J connectivity index is 1.31. The molecule has 2 aromatic heterocycles. The molecule has 1 aliphatic rings. The predicted octanol–water partition coefficient (Wildman–Crippen LogP) is 3.22. The first-order valence-corrected chi connectivity index (χ1v) is 8.89. The van der Waals surface area contributed by atoms with Gasteiger partial charge in [-0.3, -0.25) is 9.99 Å². The number of anilines is 1. The van der Waals surface area contributed by atoms with Gasteiger partial charge in [0.15, 0.2) is 0 Å². The molecule has 0 bridgehead atoms. The van der Waals surface area contributed by atoms with Crippen LogP contribution < -0.4 is 10.5 Å². The Labute approximate surface area is 158 Å². The van der Waals surface area contributed by atoms with Crippen molar-refractivity contribution in [2.24, 2.45) is 5.10 Å². The number of rotatable bonds is 6. The van der Waals surface area contributed by atoms with Crippen molar-refractivity contribution in [2.45, 2.75) is 19.1 Å². The van der Waals surface area contributed by atoms with Crippen molar-refractivity contribution in [1.82, 2.24) is 15.0 Å². The van der Waals surface area contributed by atoms with Gasteiger partial charge < -0.3 is 10.5 Å². The zero-order chi connectivity index (χ0) is 18.5. The highest BCUT2D eigenvalue weighted by atomic mass is 16.5. The van der Waals surface area contributed by atoms with Crippen molar-refractivity contribution in [3.05, 3.63) is 83.8 Å². The number of hydrogen-bond donors (Lipinski definition) is 1. The van der Waals surface area contributed by atoms with Crippen molar-refractivity contribution in [3.8, 4) is 5.75 Å². The number of nitrogens with two attached hydrogens (primary N) is 1. The quantitative estimate of drug-likeness (QED) is 0.731. The smallest absolute Gasteiger partial charge is 0.130 e. The third-order valence-corrected chi connectivity index (χ3v) is 4.49. The van der Waals surface area contributed by atoms with Crippen LogP contribution in [0.5, 0.6) is 5.75 Å². The van der Waals surface area contributed by atoms with Gasteiger partial charge in [-0.1, -0.05) is 24.3 Å². The summed E-state index contributed by atoms with van der Waals surface area (Å²) in [5.41, 5.74) is 9.09. The summed E-state index contributed by atoms with van der Waals surface area (Å²) >= 11 is 0. The normalized spacial score (nSPS) is 15.9. The maximum absolute atomic E-state index is 5.98. The number of nitrogens with zero attached hydrogens (tertiary/aromatic N) is 4. The third-order valence-electron chi connectivity index (χ3n) is 4.49. The molecule has 27 heavy (non-hydrogen) atoms. The van der Waals surface area contributed by atoms with Crippen LogP contribution in [0.3, 0.4) is 0 Å². The highest BCUT2D eigenvalue weighted by molar-refractivity contribution is 5.72. The van der Waals surface area contributed by atoms with Crippen LogP contribution in [0.1, 0.15) is 22.7 Å². The van der Waals surface area contributed by atoms with Gasteiger partial charge in [0.25, 0.3) is 0 Å². The van der Waals surface area contributed by atoms with E-state index in [9.17, 15) is 0 Å². The Kier molecular flexibility index (Phi) is 4.96. The molecule has 1 aromatic carbocycles. The molecule has 0 fully saturated rings. The van der Waals surface area contributed by atoms with E-state index < -0.39 is 0 Å². The number of benzene rings is 1. The molecule has 0 saturated carbocycles. The van der Waals surface area contributed by atoms with Crippen LogP contribution in [0.2, 0.25) is 0 Å². The van der Waals surface area contributed by atoms with Crippen LogP contribution in [0.15, 0.2) is 72.1 Å². The Morgan fingerprint density at radius 1 is 1.00 bits per heavy atom. The summed E-state index contributed by atoms with van der Waals surface area (Å²) in [7, 11) is 0. The largest absolute Gasteiger partial charge is 0.487 e. The van der Waals surface area contributed by atoms with Crippen LogP contribution in [0.25, 0.3) is 0 Å². The van der Waals surface area contributed by atoms with Gasteiger partial charge in [0.2, 0.25) is 0 Å². The lowest BCUT2D eigenvalue weighted by Gasteiger charge is -2.17. The molecule has 6 heteroatoms. The van der Waals surface area contributed by atoms with Crippen LogP contribution in [-0.4, -0.2) is 27.7 Å². The van der Waals surface area contributed by atoms with Gasteiger partial charge in [-0.25, -0.2) is 4.98 Å². The van der Waals surface area contributed by atoms with E-state index in [0.717, 1.165) is 30.1 Å². The number of nitrogen functional groups attached to an aromatic ring is 1. The van der Waals surface area contributed by atoms with Crippen molar-refractivity contribution in [1.29, 1.82) is 0 Å². The molecule has 136 valence electrons. The van der Waals surface area contributed by atoms with Crippen molar-refractivity contribution < 1.29 is 4.74 Å². The number of hydrazone groups is 1. The van der Waals surface area contributed by atoms with Gasteiger partial charge in [0, 0.05) is 36.6 Å². The van der Waals surface area contributed by atoms with E-state index in [2.05, 4.69) is 27.2 Å². The number of ether oxygens (including phenoxy) is 1. The summed E-state index contributed by atoms with van der Waals surface area (Å²) in [6, 6.07) is 17.8. The zero-order valence-electron chi connectivity index (χ0n) is 14.9. The van der Waals surface area contributed by atoms with Crippen molar-refractivity contribution in [3.63, 3.8) is 0 Å². The molecule has 3 heterocycles. The molecule has 6 nitrogen and oxygen atoms in total. The van der Waals surface area contributed by atoms with E-state index in [4.69, 9.17) is 10.5 Å². The molecular weight excluding hydrogens is 338 g/mol. The summed E-state index contributed by atoms with van der Waals surface area (Å²) in [6.07, 6.45) is 5.42. The molecule has 1 atom stereocenters. The lowest BCUT2D eigenvalue weighted by molar-refractivity contribution is 0.297. The first-order valence-electron chi connectivity index (χ1n) is 8.89. The lowest BCUT2D eigenvalue weighted by atomic mass is 10.0. The van der Waals surface area contributed by atoms with Gasteiger partial charge in [-0.2, -0.15) is 5.10 Å². The Morgan fingerprint density at radius 2 is 1.85 bits per heavy atom. The number of pyridine rings is 2. The summed E-state index contributed by atoms with van der Waals surface area (Å²) in [5, 5.41) is 6.56. The maximum atomic E-state index is 5.98. The third kappa shape index (κ3) is 4.23. The minimum atomic E-state index is 0.180. The molecule has 0 saturated heterocycles. The van der Waals surface area contributed by atoms with E-state index in [1.54, 1.807) is 12.4 Å². The minimum absolute atomic E-state index is 0.180. The fourth-order valence-electron chi connectivity index (χ4n) is 3.07. The summed E-state index contributed by atoms with van der Waals surface area (Å²) in [5.74, 6) is 1.58. The van der Waals surface area contributed by atoms with Crippen LogP contribution in [-0.2, 0) is 13.2 Å². The number of hydrogen-bond acceptors (Lipinski definition) is 6. The van der Waals surface area contributed by atoms with E-state index in [1.807, 2.05) is 53.7 Å². The van der Waals surface area contributed by atoms with Gasteiger partial charge in [0.1, 0.15) is 18.2 Å². The molecule has 2 N–H and O–H groups in total. The first kappa shape index (κ1) is 17.0. The molecule has 0 spiro atoms. The van der Waals surface area contributed by atoms with E-state index in [1.165, 1.54) is 5.56 Å². The Morgan fingerprint density at radius 3 is 2.63 bits per heavy atom. The SMILES string of the molecule is Nc1ncccc1C1C=NN(Cc2ccc(OCc3ccccn3)cc2)C1. The van der Waals surface area contributed by atoms with Crippen molar-refractivity contribution >= 4 is 12.0 Å².